The summed E-state index contributed by atoms with van der Waals surface area (Å²) in [5, 5.41) is 0. The monoisotopic (exact) mass is 345 g/mol. The third-order valence-corrected chi connectivity index (χ3v) is 5.52. The topological polar surface area (TPSA) is 57.6 Å². The molecule has 0 aromatic heterocycles. The van der Waals surface area contributed by atoms with E-state index in [1.807, 2.05) is 12.1 Å². The van der Waals surface area contributed by atoms with E-state index in [0.29, 0.717) is 6.04 Å². The molecule has 128 valence electrons. The Bertz CT molecular complexity index is 768. The smallest absolute Gasteiger partial charge is 0.294 e. The molecule has 0 aliphatic carbocycles. The van der Waals surface area contributed by atoms with E-state index >= 15 is 0 Å². The highest BCUT2D eigenvalue weighted by Crippen LogP contribution is 2.29. The molecule has 1 unspecified atom stereocenters. The molecule has 5 heteroatoms. The molecule has 1 saturated heterocycles. The van der Waals surface area contributed by atoms with Crippen molar-refractivity contribution in [3.05, 3.63) is 65.7 Å². The lowest BCUT2D eigenvalue weighted by Gasteiger charge is -2.28. The van der Waals surface area contributed by atoms with E-state index in [-0.39, 0.29) is 4.90 Å². The molecular formula is C19H23NO3S. The minimum absolute atomic E-state index is 0.0302. The molecule has 1 N–H and O–H groups in total. The van der Waals surface area contributed by atoms with Gasteiger partial charge >= 0.3 is 0 Å². The summed E-state index contributed by atoms with van der Waals surface area (Å²) >= 11 is 0. The van der Waals surface area contributed by atoms with E-state index in [1.54, 1.807) is 12.1 Å². The number of hydrogen-bond donors (Lipinski definition) is 1. The Kier molecular flexibility index (Phi) is 5.33. The lowest BCUT2D eigenvalue weighted by molar-refractivity contribution is 0.233. The maximum absolute atomic E-state index is 11.3. The molecule has 24 heavy (non-hydrogen) atoms. The molecule has 1 aliphatic rings. The van der Waals surface area contributed by atoms with Crippen LogP contribution in [-0.2, 0) is 16.5 Å². The summed E-state index contributed by atoms with van der Waals surface area (Å²) in [7, 11) is -4.14. The molecule has 3 rings (SSSR count). The van der Waals surface area contributed by atoms with Gasteiger partial charge in [-0.2, -0.15) is 8.42 Å². The normalized spacial score (nSPS) is 17.0. The Morgan fingerprint density at radius 1 is 1.00 bits per heavy atom. The number of aryl methyl sites for hydroxylation is 1. The van der Waals surface area contributed by atoms with E-state index in [9.17, 15) is 13.0 Å². The molecule has 1 aliphatic heterocycles. The summed E-state index contributed by atoms with van der Waals surface area (Å²) in [6.45, 7) is 2.23. The van der Waals surface area contributed by atoms with E-state index < -0.39 is 10.1 Å². The first-order chi connectivity index (χ1) is 11.5. The van der Waals surface area contributed by atoms with Crippen LogP contribution in [0, 0.1) is 0 Å². The van der Waals surface area contributed by atoms with Crippen LogP contribution < -0.4 is 0 Å². The van der Waals surface area contributed by atoms with Gasteiger partial charge in [0.1, 0.15) is 0 Å². The van der Waals surface area contributed by atoms with Crippen LogP contribution in [0.15, 0.2) is 59.5 Å². The predicted molar refractivity (Wildman–Crippen MR) is 94.6 cm³/mol. The Labute approximate surface area is 143 Å². The summed E-state index contributed by atoms with van der Waals surface area (Å²) < 4.78 is 31.8. The molecule has 0 bridgehead atoms. The molecule has 1 fully saturated rings. The third kappa shape index (κ3) is 4.23. The number of benzene rings is 2. The van der Waals surface area contributed by atoms with Crippen molar-refractivity contribution in [1.82, 2.24) is 4.90 Å². The highest BCUT2D eigenvalue weighted by molar-refractivity contribution is 7.85. The van der Waals surface area contributed by atoms with Gasteiger partial charge in [0.25, 0.3) is 10.1 Å². The minimum Gasteiger partial charge on any atom is -0.296 e. The Morgan fingerprint density at radius 2 is 1.71 bits per heavy atom. The van der Waals surface area contributed by atoms with Crippen LogP contribution in [0.5, 0.6) is 0 Å². The first-order valence-corrected chi connectivity index (χ1v) is 9.83. The fourth-order valence-electron chi connectivity index (χ4n) is 3.45. The molecule has 2 aromatic carbocycles. The summed E-state index contributed by atoms with van der Waals surface area (Å²) in [6.07, 6.45) is 4.18. The number of nitrogens with zero attached hydrogens (tertiary/aromatic N) is 1. The second-order valence-corrected chi connectivity index (χ2v) is 7.75. The van der Waals surface area contributed by atoms with Crippen molar-refractivity contribution < 1.29 is 13.0 Å². The molecule has 0 radical (unpaired) electrons. The van der Waals surface area contributed by atoms with E-state index in [0.717, 1.165) is 31.5 Å². The summed E-state index contributed by atoms with van der Waals surface area (Å²) in [5.74, 6) is 0. The fraction of sp³-hybridized carbons (Fsp3) is 0.368. The van der Waals surface area contributed by atoms with E-state index in [1.165, 1.54) is 24.5 Å². The molecule has 0 spiro atoms. The predicted octanol–water partition coefficient (Wildman–Crippen LogP) is 3.70. The Balaban J connectivity index is 1.76. The van der Waals surface area contributed by atoms with Gasteiger partial charge in [0.15, 0.2) is 0 Å². The maximum Gasteiger partial charge on any atom is 0.294 e. The van der Waals surface area contributed by atoms with Crippen LogP contribution in [0.3, 0.4) is 0 Å². The van der Waals surface area contributed by atoms with Crippen molar-refractivity contribution in [3.8, 4) is 0 Å². The van der Waals surface area contributed by atoms with Crippen LogP contribution in [0.1, 0.15) is 36.4 Å². The molecule has 1 atom stereocenters. The van der Waals surface area contributed by atoms with Gasteiger partial charge in [0.05, 0.1) is 4.90 Å². The van der Waals surface area contributed by atoms with Crippen LogP contribution in [-0.4, -0.2) is 31.0 Å². The van der Waals surface area contributed by atoms with Gasteiger partial charge in [-0.15, -0.1) is 0 Å². The molecule has 0 amide bonds. The largest absolute Gasteiger partial charge is 0.296 e. The zero-order valence-electron chi connectivity index (χ0n) is 13.6. The van der Waals surface area contributed by atoms with E-state index in [2.05, 4.69) is 29.2 Å². The second kappa shape index (κ2) is 7.47. The standard InChI is InChI=1S/C19H23NO3S/c21-24(22,23)18-10-6-7-16(15-18)11-12-19(20-13-4-5-14-20)17-8-2-1-3-9-17/h1-3,6-10,15,19H,4-5,11-14H2,(H,21,22,23). The number of hydrogen-bond acceptors (Lipinski definition) is 3. The third-order valence-electron chi connectivity index (χ3n) is 4.67. The Morgan fingerprint density at radius 3 is 2.38 bits per heavy atom. The molecular weight excluding hydrogens is 322 g/mol. The molecule has 1 heterocycles. The lowest BCUT2D eigenvalue weighted by atomic mass is 9.98. The van der Waals surface area contributed by atoms with Crippen molar-refractivity contribution in [2.45, 2.75) is 36.6 Å². The van der Waals surface area contributed by atoms with Crippen LogP contribution in [0.2, 0.25) is 0 Å². The van der Waals surface area contributed by atoms with E-state index in [4.69, 9.17) is 0 Å². The van der Waals surface area contributed by atoms with Crippen LogP contribution in [0.25, 0.3) is 0 Å². The minimum atomic E-state index is -4.14. The highest BCUT2D eigenvalue weighted by Gasteiger charge is 2.23. The van der Waals surface area contributed by atoms with Gasteiger partial charge in [-0.25, -0.2) is 0 Å². The van der Waals surface area contributed by atoms with Crippen molar-refractivity contribution in [2.75, 3.05) is 13.1 Å². The van der Waals surface area contributed by atoms with Gasteiger partial charge in [-0.05, 0) is 62.0 Å². The lowest BCUT2D eigenvalue weighted by Crippen LogP contribution is -2.26. The number of rotatable bonds is 6. The summed E-state index contributed by atoms with van der Waals surface area (Å²) in [4.78, 5) is 2.49. The van der Waals surface area contributed by atoms with Crippen molar-refractivity contribution >= 4 is 10.1 Å². The Hall–Kier alpha value is -1.69. The number of likely N-dealkylation sites (tertiary alicyclic amines) is 1. The average molecular weight is 345 g/mol. The van der Waals surface area contributed by atoms with Gasteiger partial charge in [0, 0.05) is 6.04 Å². The van der Waals surface area contributed by atoms with Gasteiger partial charge in [-0.1, -0.05) is 42.5 Å². The first-order valence-electron chi connectivity index (χ1n) is 8.39. The molecule has 2 aromatic rings. The average Bonchev–Trinajstić information content (AvgIpc) is 3.10. The van der Waals surface area contributed by atoms with Gasteiger partial charge in [-0.3, -0.25) is 9.45 Å². The van der Waals surface area contributed by atoms with Crippen molar-refractivity contribution in [3.63, 3.8) is 0 Å². The second-order valence-electron chi connectivity index (χ2n) is 6.33. The van der Waals surface area contributed by atoms with Gasteiger partial charge in [0.2, 0.25) is 0 Å². The summed E-state index contributed by atoms with van der Waals surface area (Å²) in [6, 6.07) is 17.4. The highest BCUT2D eigenvalue weighted by atomic mass is 32.2. The summed E-state index contributed by atoms with van der Waals surface area (Å²) in [5.41, 5.74) is 2.25. The van der Waals surface area contributed by atoms with Crippen molar-refractivity contribution in [1.29, 1.82) is 0 Å². The van der Waals surface area contributed by atoms with Gasteiger partial charge < -0.3 is 0 Å². The van der Waals surface area contributed by atoms with Crippen molar-refractivity contribution in [2.24, 2.45) is 0 Å². The fourth-order valence-corrected chi connectivity index (χ4v) is 4.00. The molecule has 4 nitrogen and oxygen atoms in total. The zero-order valence-corrected chi connectivity index (χ0v) is 14.5. The van der Waals surface area contributed by atoms with Crippen LogP contribution >= 0.6 is 0 Å². The zero-order chi connectivity index (χ0) is 17.0. The first kappa shape index (κ1) is 17.1. The SMILES string of the molecule is O=S(=O)(O)c1cccc(CCC(c2ccccc2)N2CCCC2)c1. The maximum atomic E-state index is 11.3. The molecule has 0 saturated carbocycles. The quantitative estimate of drug-likeness (QED) is 0.811. The van der Waals surface area contributed by atoms with Crippen LogP contribution in [0.4, 0.5) is 0 Å².